The summed E-state index contributed by atoms with van der Waals surface area (Å²) < 4.78 is 39.0. The molecule has 0 atom stereocenters. The van der Waals surface area contributed by atoms with Gasteiger partial charge in [-0.1, -0.05) is 0 Å². The number of nitrogens with one attached hydrogen (secondary N) is 1. The fourth-order valence-corrected chi connectivity index (χ4v) is 0.598. The van der Waals surface area contributed by atoms with E-state index < -0.39 is 12.2 Å². The van der Waals surface area contributed by atoms with E-state index in [9.17, 15) is 18.0 Å². The van der Waals surface area contributed by atoms with Crippen LogP contribution in [0.25, 0.3) is 0 Å². The molecule has 0 aliphatic carbocycles. The third-order valence-electron chi connectivity index (χ3n) is 1.00. The van der Waals surface area contributed by atoms with Gasteiger partial charge in [-0.05, 0) is 12.1 Å². The molecule has 0 aliphatic rings. The van der Waals surface area contributed by atoms with Crippen molar-refractivity contribution in [2.75, 3.05) is 0 Å². The van der Waals surface area contributed by atoms with Crippen molar-refractivity contribution in [1.82, 2.24) is 5.32 Å². The Morgan fingerprint density at radius 3 is 2.58 bits per heavy atom. The summed E-state index contributed by atoms with van der Waals surface area (Å²) in [7, 11) is 0. The minimum atomic E-state index is -4.72. The van der Waals surface area contributed by atoms with Crippen LogP contribution in [0.15, 0.2) is 22.8 Å². The number of alkyl halides is 3. The summed E-state index contributed by atoms with van der Waals surface area (Å²) in [4.78, 5) is 10.6. The fourth-order valence-electron chi connectivity index (χ4n) is 0.598. The van der Waals surface area contributed by atoms with E-state index in [1.54, 1.807) is 0 Å². The van der Waals surface area contributed by atoms with Crippen molar-refractivity contribution in [2.24, 2.45) is 0 Å². The van der Waals surface area contributed by atoms with E-state index >= 15 is 0 Å². The standard InChI is InChI=1S/C6H4F3NO2/c7-6(8,9)10-5(11)4-2-1-3-12-4/h1-3H,(H,10,11). The largest absolute Gasteiger partial charge is 0.484 e. The van der Waals surface area contributed by atoms with Crippen LogP contribution in [-0.2, 0) is 0 Å². The van der Waals surface area contributed by atoms with E-state index in [0.29, 0.717) is 0 Å². The van der Waals surface area contributed by atoms with Crippen molar-refractivity contribution < 1.29 is 22.4 Å². The van der Waals surface area contributed by atoms with Crippen molar-refractivity contribution in [1.29, 1.82) is 0 Å². The number of amides is 1. The highest BCUT2D eigenvalue weighted by molar-refractivity contribution is 5.91. The molecule has 0 saturated heterocycles. The van der Waals surface area contributed by atoms with Crippen molar-refractivity contribution in [3.05, 3.63) is 24.2 Å². The molecule has 0 fully saturated rings. The Hall–Kier alpha value is -1.46. The van der Waals surface area contributed by atoms with Gasteiger partial charge in [0, 0.05) is 0 Å². The maximum absolute atomic E-state index is 11.5. The lowest BCUT2D eigenvalue weighted by Crippen LogP contribution is -2.36. The topological polar surface area (TPSA) is 42.2 Å². The molecule has 0 radical (unpaired) electrons. The predicted molar refractivity (Wildman–Crippen MR) is 32.2 cm³/mol. The normalized spacial score (nSPS) is 11.2. The highest BCUT2D eigenvalue weighted by atomic mass is 19.4. The van der Waals surface area contributed by atoms with Gasteiger partial charge < -0.3 is 4.42 Å². The quantitative estimate of drug-likeness (QED) is 0.664. The highest BCUT2D eigenvalue weighted by Crippen LogP contribution is 2.11. The van der Waals surface area contributed by atoms with Crippen LogP contribution in [0.2, 0.25) is 0 Å². The van der Waals surface area contributed by atoms with E-state index in [1.165, 1.54) is 6.07 Å². The van der Waals surface area contributed by atoms with Gasteiger partial charge in [0.1, 0.15) is 0 Å². The van der Waals surface area contributed by atoms with E-state index in [4.69, 9.17) is 0 Å². The Kier molecular flexibility index (Phi) is 2.07. The molecule has 1 amide bonds. The lowest BCUT2D eigenvalue weighted by atomic mass is 10.4. The minimum absolute atomic E-state index is 0.368. The Morgan fingerprint density at radius 1 is 1.50 bits per heavy atom. The molecular weight excluding hydrogens is 175 g/mol. The minimum Gasteiger partial charge on any atom is -0.459 e. The molecule has 0 spiro atoms. The molecule has 0 aromatic carbocycles. The molecule has 6 heteroatoms. The van der Waals surface area contributed by atoms with E-state index in [2.05, 4.69) is 4.42 Å². The van der Waals surface area contributed by atoms with Crippen molar-refractivity contribution >= 4 is 5.91 Å². The monoisotopic (exact) mass is 179 g/mol. The molecule has 0 saturated carbocycles. The van der Waals surface area contributed by atoms with Gasteiger partial charge in [0.25, 0.3) is 5.91 Å². The van der Waals surface area contributed by atoms with Gasteiger partial charge in [0.2, 0.25) is 0 Å². The van der Waals surface area contributed by atoms with E-state index in [0.717, 1.165) is 17.6 Å². The smallest absolute Gasteiger partial charge is 0.459 e. The summed E-state index contributed by atoms with van der Waals surface area (Å²) in [6.45, 7) is 0. The highest BCUT2D eigenvalue weighted by Gasteiger charge is 2.31. The van der Waals surface area contributed by atoms with Crippen LogP contribution in [0.1, 0.15) is 10.6 Å². The number of halogens is 3. The van der Waals surface area contributed by atoms with Gasteiger partial charge in [-0.15, -0.1) is 0 Å². The van der Waals surface area contributed by atoms with Gasteiger partial charge in [-0.2, -0.15) is 13.2 Å². The molecule has 12 heavy (non-hydrogen) atoms. The predicted octanol–water partition coefficient (Wildman–Crippen LogP) is 1.53. The Bertz CT molecular complexity index is 265. The lowest BCUT2D eigenvalue weighted by molar-refractivity contribution is -0.146. The second kappa shape index (κ2) is 2.88. The lowest BCUT2D eigenvalue weighted by Gasteiger charge is -2.05. The summed E-state index contributed by atoms with van der Waals surface area (Å²) in [6, 6.07) is 2.46. The first-order valence-electron chi connectivity index (χ1n) is 2.92. The van der Waals surface area contributed by atoms with Crippen LogP contribution in [0, 0.1) is 0 Å². The summed E-state index contributed by atoms with van der Waals surface area (Å²) in [6.07, 6.45) is -3.60. The first-order chi connectivity index (χ1) is 5.49. The Morgan fingerprint density at radius 2 is 2.17 bits per heavy atom. The third-order valence-corrected chi connectivity index (χ3v) is 1.00. The molecule has 3 nitrogen and oxygen atoms in total. The molecular formula is C6H4F3NO2. The first kappa shape index (κ1) is 8.63. The van der Waals surface area contributed by atoms with E-state index in [-0.39, 0.29) is 5.76 Å². The average Bonchev–Trinajstić information content (AvgIpc) is 2.32. The van der Waals surface area contributed by atoms with Crippen LogP contribution in [0.3, 0.4) is 0 Å². The number of carbonyl (C=O) groups is 1. The van der Waals surface area contributed by atoms with Gasteiger partial charge in [-0.25, -0.2) is 0 Å². The van der Waals surface area contributed by atoms with Crippen LogP contribution >= 0.6 is 0 Å². The third kappa shape index (κ3) is 2.30. The molecule has 1 aromatic rings. The van der Waals surface area contributed by atoms with Crippen LogP contribution < -0.4 is 5.32 Å². The number of rotatable bonds is 1. The molecule has 0 bridgehead atoms. The van der Waals surface area contributed by atoms with Gasteiger partial charge in [0.05, 0.1) is 6.26 Å². The summed E-state index contributed by atoms with van der Waals surface area (Å²) >= 11 is 0. The van der Waals surface area contributed by atoms with Crippen molar-refractivity contribution in [3.63, 3.8) is 0 Å². The Labute approximate surface area is 65.2 Å². The molecule has 0 unspecified atom stereocenters. The van der Waals surface area contributed by atoms with Crippen molar-refractivity contribution in [3.8, 4) is 0 Å². The zero-order valence-electron chi connectivity index (χ0n) is 5.68. The number of carbonyl (C=O) groups excluding carboxylic acids is 1. The molecule has 1 aromatic heterocycles. The number of furan rings is 1. The molecule has 0 aliphatic heterocycles. The number of hydrogen-bond donors (Lipinski definition) is 1. The zero-order chi connectivity index (χ0) is 9.19. The maximum Gasteiger partial charge on any atom is 0.484 e. The summed E-state index contributed by atoms with van der Waals surface area (Å²) in [5.41, 5.74) is 0. The second-order valence-electron chi connectivity index (χ2n) is 1.93. The molecule has 1 N–H and O–H groups in total. The van der Waals surface area contributed by atoms with Gasteiger partial charge >= 0.3 is 6.30 Å². The summed E-state index contributed by atoms with van der Waals surface area (Å²) in [5.74, 6) is -1.67. The van der Waals surface area contributed by atoms with Crippen molar-refractivity contribution in [2.45, 2.75) is 6.30 Å². The maximum atomic E-state index is 11.5. The fraction of sp³-hybridized carbons (Fsp3) is 0.167. The first-order valence-corrected chi connectivity index (χ1v) is 2.92. The van der Waals surface area contributed by atoms with Gasteiger partial charge in [-0.3, -0.25) is 10.1 Å². The zero-order valence-corrected chi connectivity index (χ0v) is 5.68. The average molecular weight is 179 g/mol. The Balaban J connectivity index is 2.63. The number of hydrogen-bond acceptors (Lipinski definition) is 2. The van der Waals surface area contributed by atoms with Crippen LogP contribution in [0.4, 0.5) is 13.2 Å². The second-order valence-corrected chi connectivity index (χ2v) is 1.93. The SMILES string of the molecule is O=C(NC(F)(F)F)c1ccco1. The molecule has 66 valence electrons. The van der Waals surface area contributed by atoms with Crippen LogP contribution in [0.5, 0.6) is 0 Å². The molecule has 1 rings (SSSR count). The van der Waals surface area contributed by atoms with E-state index in [1.807, 2.05) is 0 Å². The molecule has 1 heterocycles. The summed E-state index contributed by atoms with van der Waals surface area (Å²) in [5, 5.41) is 0.789. The van der Waals surface area contributed by atoms with Gasteiger partial charge in [0.15, 0.2) is 5.76 Å². The van der Waals surface area contributed by atoms with Crippen LogP contribution in [-0.4, -0.2) is 12.2 Å².